The summed E-state index contributed by atoms with van der Waals surface area (Å²) in [6.07, 6.45) is 1.48. The number of hydrogen-bond acceptors (Lipinski definition) is 3. The van der Waals surface area contributed by atoms with Crippen molar-refractivity contribution in [1.29, 1.82) is 0 Å². The summed E-state index contributed by atoms with van der Waals surface area (Å²) in [5.74, 6) is -0.531. The summed E-state index contributed by atoms with van der Waals surface area (Å²) in [5, 5.41) is 8.88. The Morgan fingerprint density at radius 3 is 2.53 bits per heavy atom. The van der Waals surface area contributed by atoms with Crippen LogP contribution in [0.1, 0.15) is 32.4 Å². The largest absolute Gasteiger partial charge is 0.477 e. The molecule has 0 bridgehead atoms. The second-order valence-corrected chi connectivity index (χ2v) is 3.77. The smallest absolute Gasteiger partial charge is 0.352 e. The molecule has 0 spiro atoms. The molecular formula is C12H11NO4. The Balaban J connectivity index is 2.38. The lowest BCUT2D eigenvalue weighted by atomic mass is 10.2. The van der Waals surface area contributed by atoms with E-state index in [9.17, 15) is 9.59 Å². The molecule has 2 heterocycles. The average molecular weight is 233 g/mol. The highest BCUT2D eigenvalue weighted by atomic mass is 16.4. The van der Waals surface area contributed by atoms with Gasteiger partial charge in [-0.3, -0.25) is 4.79 Å². The molecule has 5 heteroatoms. The molecule has 0 radical (unpaired) electrons. The number of carboxylic acids is 1. The lowest BCUT2D eigenvalue weighted by molar-refractivity contribution is 0.0686. The molecule has 5 nitrogen and oxygen atoms in total. The highest BCUT2D eigenvalue weighted by Crippen LogP contribution is 2.15. The van der Waals surface area contributed by atoms with Crippen LogP contribution in [0.25, 0.3) is 0 Å². The number of aromatic nitrogens is 1. The molecule has 0 amide bonds. The van der Waals surface area contributed by atoms with E-state index in [-0.39, 0.29) is 17.2 Å². The fourth-order valence-corrected chi connectivity index (χ4v) is 1.60. The molecular weight excluding hydrogens is 222 g/mol. The van der Waals surface area contributed by atoms with E-state index in [1.165, 1.54) is 16.8 Å². The van der Waals surface area contributed by atoms with E-state index in [0.29, 0.717) is 11.3 Å². The van der Waals surface area contributed by atoms with Gasteiger partial charge in [-0.1, -0.05) is 0 Å². The minimum absolute atomic E-state index is 0.0663. The zero-order valence-electron chi connectivity index (χ0n) is 9.43. The number of nitrogens with zero attached hydrogens (tertiary/aromatic N) is 1. The van der Waals surface area contributed by atoms with Crippen molar-refractivity contribution >= 4 is 11.8 Å². The van der Waals surface area contributed by atoms with Crippen LogP contribution in [-0.4, -0.2) is 21.4 Å². The lowest BCUT2D eigenvalue weighted by Crippen LogP contribution is -2.02. The van der Waals surface area contributed by atoms with Crippen molar-refractivity contribution in [2.75, 3.05) is 0 Å². The molecule has 88 valence electrons. The number of ketones is 1. The monoisotopic (exact) mass is 233 g/mol. The van der Waals surface area contributed by atoms with E-state index in [1.807, 2.05) is 0 Å². The topological polar surface area (TPSA) is 72.4 Å². The SMILES string of the molecule is Cc1ccc(C(=O)c2cc(C(=O)O)n(C)c2)o1. The predicted octanol–water partition coefficient (Wildman–Crippen LogP) is 1.86. The van der Waals surface area contributed by atoms with Crippen molar-refractivity contribution in [2.45, 2.75) is 6.92 Å². The van der Waals surface area contributed by atoms with Gasteiger partial charge < -0.3 is 14.1 Å². The molecule has 1 N–H and O–H groups in total. The Morgan fingerprint density at radius 2 is 2.06 bits per heavy atom. The first-order valence-corrected chi connectivity index (χ1v) is 5.00. The minimum atomic E-state index is -1.07. The van der Waals surface area contributed by atoms with E-state index in [1.54, 1.807) is 26.1 Å². The Bertz CT molecular complexity index is 591. The highest BCUT2D eigenvalue weighted by molar-refractivity contribution is 6.08. The Labute approximate surface area is 97.3 Å². The maximum atomic E-state index is 11.9. The van der Waals surface area contributed by atoms with E-state index in [2.05, 4.69) is 0 Å². The molecule has 2 aromatic rings. The van der Waals surface area contributed by atoms with Crippen LogP contribution in [0, 0.1) is 6.92 Å². The van der Waals surface area contributed by atoms with Crippen LogP contribution in [0.3, 0.4) is 0 Å². The van der Waals surface area contributed by atoms with Crippen molar-refractivity contribution in [3.05, 3.63) is 47.2 Å². The van der Waals surface area contributed by atoms with Gasteiger partial charge in [0.2, 0.25) is 5.78 Å². The predicted molar refractivity (Wildman–Crippen MR) is 59.2 cm³/mol. The third-order valence-electron chi connectivity index (χ3n) is 2.45. The van der Waals surface area contributed by atoms with Crippen LogP contribution < -0.4 is 0 Å². The number of aromatic carboxylic acids is 1. The summed E-state index contributed by atoms with van der Waals surface area (Å²) in [6.45, 7) is 1.74. The van der Waals surface area contributed by atoms with Gasteiger partial charge in [0.15, 0.2) is 5.76 Å². The lowest BCUT2D eigenvalue weighted by Gasteiger charge is -1.93. The van der Waals surface area contributed by atoms with Crippen molar-refractivity contribution in [1.82, 2.24) is 4.57 Å². The van der Waals surface area contributed by atoms with Crippen LogP contribution in [0.15, 0.2) is 28.8 Å². The van der Waals surface area contributed by atoms with Gasteiger partial charge in [0.05, 0.1) is 0 Å². The van der Waals surface area contributed by atoms with Crippen LogP contribution in [0.5, 0.6) is 0 Å². The number of rotatable bonds is 3. The van der Waals surface area contributed by atoms with E-state index >= 15 is 0 Å². The van der Waals surface area contributed by atoms with Gasteiger partial charge in [0.1, 0.15) is 11.5 Å². The van der Waals surface area contributed by atoms with Gasteiger partial charge in [-0.05, 0) is 25.1 Å². The molecule has 0 saturated carbocycles. The molecule has 0 aliphatic carbocycles. The third-order valence-corrected chi connectivity index (χ3v) is 2.45. The van der Waals surface area contributed by atoms with Gasteiger partial charge in [0.25, 0.3) is 0 Å². The fraction of sp³-hybridized carbons (Fsp3) is 0.167. The highest BCUT2D eigenvalue weighted by Gasteiger charge is 2.18. The van der Waals surface area contributed by atoms with Gasteiger partial charge in [-0.2, -0.15) is 0 Å². The molecule has 17 heavy (non-hydrogen) atoms. The van der Waals surface area contributed by atoms with Gasteiger partial charge in [0, 0.05) is 18.8 Å². The first-order chi connectivity index (χ1) is 7.99. The normalized spacial score (nSPS) is 10.5. The quantitative estimate of drug-likeness (QED) is 0.821. The van der Waals surface area contributed by atoms with Crippen molar-refractivity contribution in [3.8, 4) is 0 Å². The summed E-state index contributed by atoms with van der Waals surface area (Å²) in [6, 6.07) is 4.60. The second kappa shape index (κ2) is 3.93. The van der Waals surface area contributed by atoms with Crippen LogP contribution in [0.4, 0.5) is 0 Å². The molecule has 0 saturated heterocycles. The summed E-state index contributed by atoms with van der Waals surface area (Å²) >= 11 is 0. The van der Waals surface area contributed by atoms with E-state index in [4.69, 9.17) is 9.52 Å². The average Bonchev–Trinajstić information content (AvgIpc) is 2.83. The van der Waals surface area contributed by atoms with E-state index < -0.39 is 5.97 Å². The number of hydrogen-bond donors (Lipinski definition) is 1. The molecule has 0 aromatic carbocycles. The summed E-state index contributed by atoms with van der Waals surface area (Å²) in [5.41, 5.74) is 0.371. The molecule has 2 rings (SSSR count). The number of furan rings is 1. The van der Waals surface area contributed by atoms with Gasteiger partial charge in [-0.25, -0.2) is 4.79 Å². The molecule has 2 aromatic heterocycles. The number of carbonyl (C=O) groups is 2. The zero-order chi connectivity index (χ0) is 12.6. The van der Waals surface area contributed by atoms with Crippen LogP contribution >= 0.6 is 0 Å². The summed E-state index contributed by atoms with van der Waals surface area (Å²) in [7, 11) is 1.58. The number of carboxylic acid groups (broad SMARTS) is 1. The summed E-state index contributed by atoms with van der Waals surface area (Å²) in [4.78, 5) is 22.8. The maximum absolute atomic E-state index is 11.9. The molecule has 0 atom stereocenters. The molecule has 0 fully saturated rings. The van der Waals surface area contributed by atoms with Crippen LogP contribution in [0.2, 0.25) is 0 Å². The molecule has 0 aliphatic heterocycles. The van der Waals surface area contributed by atoms with Crippen molar-refractivity contribution < 1.29 is 19.1 Å². The number of carbonyl (C=O) groups excluding carboxylic acids is 1. The van der Waals surface area contributed by atoms with E-state index in [0.717, 1.165) is 0 Å². The standard InChI is InChI=1S/C12H11NO4/c1-7-3-4-10(17-7)11(14)8-5-9(12(15)16)13(2)6-8/h3-6H,1-2H3,(H,15,16). The van der Waals surface area contributed by atoms with Crippen molar-refractivity contribution in [3.63, 3.8) is 0 Å². The third kappa shape index (κ3) is 1.99. The molecule has 0 aliphatic rings. The molecule has 0 unspecified atom stereocenters. The van der Waals surface area contributed by atoms with Gasteiger partial charge in [-0.15, -0.1) is 0 Å². The number of aryl methyl sites for hydroxylation is 2. The first kappa shape index (κ1) is 11.2. The Hall–Kier alpha value is -2.30. The summed E-state index contributed by atoms with van der Waals surface area (Å²) < 4.78 is 6.60. The minimum Gasteiger partial charge on any atom is -0.477 e. The zero-order valence-corrected chi connectivity index (χ0v) is 9.43. The second-order valence-electron chi connectivity index (χ2n) is 3.77. The first-order valence-electron chi connectivity index (χ1n) is 5.00. The van der Waals surface area contributed by atoms with Gasteiger partial charge >= 0.3 is 5.97 Å². The van der Waals surface area contributed by atoms with Crippen molar-refractivity contribution in [2.24, 2.45) is 7.05 Å². The Morgan fingerprint density at radius 1 is 1.35 bits per heavy atom. The fourth-order valence-electron chi connectivity index (χ4n) is 1.60. The van der Waals surface area contributed by atoms with Crippen LogP contribution in [-0.2, 0) is 7.05 Å². The maximum Gasteiger partial charge on any atom is 0.352 e. The Kier molecular flexibility index (Phi) is 2.59.